The lowest BCUT2D eigenvalue weighted by Crippen LogP contribution is -2.52. The van der Waals surface area contributed by atoms with Crippen LogP contribution in [0, 0.1) is 5.92 Å². The van der Waals surface area contributed by atoms with Crippen LogP contribution in [-0.2, 0) is 14.3 Å². The molecule has 5 nitrogen and oxygen atoms in total. The summed E-state index contributed by atoms with van der Waals surface area (Å²) in [4.78, 5) is 23.7. The van der Waals surface area contributed by atoms with Crippen LogP contribution in [-0.4, -0.2) is 31.0 Å². The molecule has 0 aliphatic rings. The van der Waals surface area contributed by atoms with Gasteiger partial charge in [0.2, 0.25) is 11.8 Å². The Morgan fingerprint density at radius 1 is 1.09 bits per heavy atom. The van der Waals surface area contributed by atoms with E-state index in [1.165, 1.54) is 6.92 Å². The molecule has 128 valence electrons. The number of rotatable bonds is 7. The number of ether oxygens (including phenoxy) is 1. The van der Waals surface area contributed by atoms with Crippen LogP contribution in [0.5, 0.6) is 0 Å². The minimum atomic E-state index is -0.572. The summed E-state index contributed by atoms with van der Waals surface area (Å²) in [6.07, 6.45) is -0.304. The molecule has 2 amide bonds. The first-order chi connectivity index (χ1) is 10.8. The van der Waals surface area contributed by atoms with Crippen LogP contribution >= 0.6 is 11.6 Å². The highest BCUT2D eigenvalue weighted by Crippen LogP contribution is 2.22. The van der Waals surface area contributed by atoms with Gasteiger partial charge in [0.05, 0.1) is 6.04 Å². The normalized spacial score (nSPS) is 14.9. The van der Waals surface area contributed by atoms with Gasteiger partial charge in [-0.2, -0.15) is 0 Å². The van der Waals surface area contributed by atoms with Gasteiger partial charge in [-0.1, -0.05) is 37.6 Å². The van der Waals surface area contributed by atoms with E-state index in [4.69, 9.17) is 16.3 Å². The Bertz CT molecular complexity index is 531. The lowest BCUT2D eigenvalue weighted by Gasteiger charge is -2.28. The average molecular weight is 341 g/mol. The van der Waals surface area contributed by atoms with Crippen molar-refractivity contribution in [3.63, 3.8) is 0 Å². The van der Waals surface area contributed by atoms with Crippen molar-refractivity contribution in [2.45, 2.75) is 45.9 Å². The summed E-state index contributed by atoms with van der Waals surface area (Å²) >= 11 is 5.90. The van der Waals surface area contributed by atoms with E-state index in [9.17, 15) is 9.59 Å². The maximum Gasteiger partial charge on any atom is 0.243 e. The van der Waals surface area contributed by atoms with Crippen LogP contribution in [0.4, 0.5) is 0 Å². The summed E-state index contributed by atoms with van der Waals surface area (Å²) in [5.41, 5.74) is 0.922. The molecule has 0 aliphatic carbocycles. The van der Waals surface area contributed by atoms with Gasteiger partial charge in [0.25, 0.3) is 0 Å². The molecule has 0 heterocycles. The quantitative estimate of drug-likeness (QED) is 0.802. The van der Waals surface area contributed by atoms with Crippen molar-refractivity contribution < 1.29 is 14.3 Å². The number of carbonyl (C=O) groups is 2. The molecule has 0 radical (unpaired) electrons. The van der Waals surface area contributed by atoms with E-state index >= 15 is 0 Å². The Labute approximate surface area is 142 Å². The van der Waals surface area contributed by atoms with Gasteiger partial charge in [-0.15, -0.1) is 0 Å². The Balaban J connectivity index is 2.81. The largest absolute Gasteiger partial charge is 0.375 e. The van der Waals surface area contributed by atoms with Crippen LogP contribution in [0.3, 0.4) is 0 Å². The minimum absolute atomic E-state index is 0.0115. The highest BCUT2D eigenvalue weighted by atomic mass is 35.5. The Morgan fingerprint density at radius 2 is 1.65 bits per heavy atom. The zero-order valence-electron chi connectivity index (χ0n) is 14.2. The van der Waals surface area contributed by atoms with Crippen molar-refractivity contribution in [1.82, 2.24) is 10.6 Å². The Kier molecular flexibility index (Phi) is 7.52. The van der Waals surface area contributed by atoms with Crippen molar-refractivity contribution in [2.75, 3.05) is 7.11 Å². The molecular formula is C17H25ClN2O3. The molecule has 0 aromatic heterocycles. The van der Waals surface area contributed by atoms with Gasteiger partial charge in [-0.05, 0) is 30.5 Å². The third kappa shape index (κ3) is 5.84. The summed E-state index contributed by atoms with van der Waals surface area (Å²) in [5.74, 6) is -0.464. The summed E-state index contributed by atoms with van der Waals surface area (Å²) in [5, 5.41) is 6.24. The highest BCUT2D eigenvalue weighted by molar-refractivity contribution is 6.30. The average Bonchev–Trinajstić information content (AvgIpc) is 2.46. The zero-order valence-corrected chi connectivity index (χ0v) is 15.0. The van der Waals surface area contributed by atoms with Crippen molar-refractivity contribution in [3.8, 4) is 0 Å². The third-order valence-electron chi connectivity index (χ3n) is 3.58. The van der Waals surface area contributed by atoms with Crippen LogP contribution in [0.2, 0.25) is 5.02 Å². The van der Waals surface area contributed by atoms with Crippen molar-refractivity contribution in [2.24, 2.45) is 5.92 Å². The van der Waals surface area contributed by atoms with Gasteiger partial charge < -0.3 is 15.4 Å². The van der Waals surface area contributed by atoms with Gasteiger partial charge in [-0.25, -0.2) is 0 Å². The number of hydrogen-bond donors (Lipinski definition) is 2. The number of hydrogen-bond acceptors (Lipinski definition) is 3. The van der Waals surface area contributed by atoms with Gasteiger partial charge in [-0.3, -0.25) is 9.59 Å². The maximum atomic E-state index is 12.4. The number of carbonyl (C=O) groups excluding carboxylic acids is 2. The van der Waals surface area contributed by atoms with E-state index in [-0.39, 0.29) is 29.9 Å². The van der Waals surface area contributed by atoms with E-state index in [2.05, 4.69) is 10.6 Å². The molecule has 0 saturated heterocycles. The predicted molar refractivity (Wildman–Crippen MR) is 91.2 cm³/mol. The maximum absolute atomic E-state index is 12.4. The molecule has 6 heteroatoms. The molecular weight excluding hydrogens is 316 g/mol. The summed E-state index contributed by atoms with van der Waals surface area (Å²) in [7, 11) is 1.59. The topological polar surface area (TPSA) is 67.4 Å². The lowest BCUT2D eigenvalue weighted by molar-refractivity contribution is -0.130. The number of methoxy groups -OCH3 is 1. The monoisotopic (exact) mass is 340 g/mol. The summed E-state index contributed by atoms with van der Waals surface area (Å²) in [6, 6.07) is 6.47. The Hall–Kier alpha value is -1.59. The number of benzene rings is 1. The van der Waals surface area contributed by atoms with Crippen LogP contribution in [0.1, 0.15) is 39.4 Å². The standard InChI is InChI=1S/C17H25ClN2O3/c1-10(2)15(20-12(4)21)17(22)19-11(3)16(23-5)13-6-8-14(18)9-7-13/h6-11,15-16H,1-5H3,(H,19,22)(H,20,21)/t11-,15-,16+/m1/s1. The Morgan fingerprint density at radius 3 is 2.09 bits per heavy atom. The second-order valence-electron chi connectivity index (χ2n) is 5.93. The molecule has 23 heavy (non-hydrogen) atoms. The second kappa shape index (κ2) is 8.89. The molecule has 0 saturated carbocycles. The first-order valence-corrected chi connectivity index (χ1v) is 7.99. The summed E-state index contributed by atoms with van der Waals surface area (Å²) in [6.45, 7) is 7.04. The van der Waals surface area contributed by atoms with E-state index in [0.717, 1.165) is 5.56 Å². The number of nitrogens with one attached hydrogen (secondary N) is 2. The fourth-order valence-electron chi connectivity index (χ4n) is 2.43. The molecule has 0 unspecified atom stereocenters. The minimum Gasteiger partial charge on any atom is -0.375 e. The fourth-order valence-corrected chi connectivity index (χ4v) is 2.55. The first-order valence-electron chi connectivity index (χ1n) is 7.62. The molecule has 0 aliphatic heterocycles. The van der Waals surface area contributed by atoms with E-state index in [1.807, 2.05) is 32.9 Å². The number of halogens is 1. The van der Waals surface area contributed by atoms with Gasteiger partial charge in [0.1, 0.15) is 12.1 Å². The van der Waals surface area contributed by atoms with Crippen LogP contribution < -0.4 is 10.6 Å². The van der Waals surface area contributed by atoms with Gasteiger partial charge in [0, 0.05) is 19.1 Å². The molecule has 0 fully saturated rings. The SMILES string of the molecule is CO[C@H](c1ccc(Cl)cc1)[C@@H](C)NC(=O)[C@H](NC(C)=O)C(C)C. The van der Waals surface area contributed by atoms with Crippen molar-refractivity contribution >= 4 is 23.4 Å². The van der Waals surface area contributed by atoms with Gasteiger partial charge >= 0.3 is 0 Å². The summed E-state index contributed by atoms with van der Waals surface area (Å²) < 4.78 is 5.52. The molecule has 3 atom stereocenters. The molecule has 1 rings (SSSR count). The van der Waals surface area contributed by atoms with Crippen molar-refractivity contribution in [3.05, 3.63) is 34.9 Å². The predicted octanol–water partition coefficient (Wildman–Crippen LogP) is 2.69. The molecule has 0 spiro atoms. The second-order valence-corrected chi connectivity index (χ2v) is 6.36. The smallest absolute Gasteiger partial charge is 0.243 e. The third-order valence-corrected chi connectivity index (χ3v) is 3.84. The molecule has 0 bridgehead atoms. The molecule has 2 N–H and O–H groups in total. The number of amides is 2. The highest BCUT2D eigenvalue weighted by Gasteiger charge is 2.27. The zero-order chi connectivity index (χ0) is 17.6. The van der Waals surface area contributed by atoms with Crippen LogP contribution in [0.25, 0.3) is 0 Å². The van der Waals surface area contributed by atoms with E-state index < -0.39 is 6.04 Å². The molecule has 1 aromatic carbocycles. The van der Waals surface area contributed by atoms with Crippen molar-refractivity contribution in [1.29, 1.82) is 0 Å². The van der Waals surface area contributed by atoms with Crippen LogP contribution in [0.15, 0.2) is 24.3 Å². The fraction of sp³-hybridized carbons (Fsp3) is 0.529. The van der Waals surface area contributed by atoms with E-state index in [1.54, 1.807) is 19.2 Å². The van der Waals surface area contributed by atoms with E-state index in [0.29, 0.717) is 5.02 Å². The first kappa shape index (κ1) is 19.5. The van der Waals surface area contributed by atoms with Gasteiger partial charge in [0.15, 0.2) is 0 Å². The lowest BCUT2D eigenvalue weighted by atomic mass is 10.0. The molecule has 1 aromatic rings.